The smallest absolute Gasteiger partial charge is 0.254 e. The fourth-order valence-corrected chi connectivity index (χ4v) is 2.58. The molecular formula is C16H17BrN2O2. The van der Waals surface area contributed by atoms with Gasteiger partial charge < -0.3 is 10.1 Å². The molecule has 0 spiro atoms. The fourth-order valence-electron chi connectivity index (χ4n) is 2.15. The number of carbonyl (C=O) groups is 1. The summed E-state index contributed by atoms with van der Waals surface area (Å²) >= 11 is 3.30. The second kappa shape index (κ2) is 7.22. The minimum Gasteiger partial charge on any atom is -0.496 e. The standard InChI is InChI=1S/C16H17BrN2O2/c1-3-13(11-7-4-5-9-14(11)21-2)19-16(20)12-8-6-10-18-15(12)17/h4-10,13H,3H2,1-2H3,(H,19,20). The molecule has 0 bridgehead atoms. The molecule has 1 unspecified atom stereocenters. The van der Waals surface area contributed by atoms with E-state index in [4.69, 9.17) is 4.74 Å². The van der Waals surface area contributed by atoms with E-state index in [9.17, 15) is 4.79 Å². The van der Waals surface area contributed by atoms with Gasteiger partial charge in [0, 0.05) is 11.8 Å². The van der Waals surface area contributed by atoms with Crippen LogP contribution in [0.3, 0.4) is 0 Å². The molecule has 1 aromatic heterocycles. The van der Waals surface area contributed by atoms with Crippen molar-refractivity contribution in [3.8, 4) is 5.75 Å². The maximum atomic E-state index is 12.4. The van der Waals surface area contributed by atoms with E-state index < -0.39 is 0 Å². The summed E-state index contributed by atoms with van der Waals surface area (Å²) in [5, 5.41) is 3.03. The van der Waals surface area contributed by atoms with Gasteiger partial charge in [-0.05, 0) is 40.5 Å². The molecule has 0 aliphatic heterocycles. The first kappa shape index (κ1) is 15.5. The molecule has 1 N–H and O–H groups in total. The monoisotopic (exact) mass is 348 g/mol. The van der Waals surface area contributed by atoms with Crippen LogP contribution in [0.15, 0.2) is 47.2 Å². The maximum absolute atomic E-state index is 12.4. The molecule has 0 aliphatic rings. The average Bonchev–Trinajstić information content (AvgIpc) is 2.52. The van der Waals surface area contributed by atoms with E-state index in [2.05, 4.69) is 26.2 Å². The second-order valence-electron chi connectivity index (χ2n) is 4.52. The molecule has 0 radical (unpaired) electrons. The highest BCUT2D eigenvalue weighted by Gasteiger charge is 2.18. The van der Waals surface area contributed by atoms with Crippen molar-refractivity contribution in [2.45, 2.75) is 19.4 Å². The van der Waals surface area contributed by atoms with E-state index in [1.54, 1.807) is 25.4 Å². The summed E-state index contributed by atoms with van der Waals surface area (Å²) in [4.78, 5) is 16.5. The van der Waals surface area contributed by atoms with Crippen LogP contribution in [-0.4, -0.2) is 18.0 Å². The number of carbonyl (C=O) groups excluding carboxylic acids is 1. The van der Waals surface area contributed by atoms with Gasteiger partial charge in [-0.25, -0.2) is 4.98 Å². The van der Waals surface area contributed by atoms with Crippen molar-refractivity contribution in [1.29, 1.82) is 0 Å². The van der Waals surface area contributed by atoms with Crippen molar-refractivity contribution >= 4 is 21.8 Å². The zero-order valence-electron chi connectivity index (χ0n) is 12.0. The van der Waals surface area contributed by atoms with Gasteiger partial charge in [-0.15, -0.1) is 0 Å². The number of amides is 1. The molecule has 1 atom stereocenters. The quantitative estimate of drug-likeness (QED) is 0.837. The Morgan fingerprint density at radius 3 is 2.76 bits per heavy atom. The van der Waals surface area contributed by atoms with Crippen LogP contribution in [0.4, 0.5) is 0 Å². The Labute approximate surface area is 132 Å². The van der Waals surface area contributed by atoms with E-state index in [1.807, 2.05) is 31.2 Å². The predicted octanol–water partition coefficient (Wildman–Crippen LogP) is 3.73. The van der Waals surface area contributed by atoms with E-state index in [0.717, 1.165) is 17.7 Å². The van der Waals surface area contributed by atoms with Crippen LogP contribution in [0.5, 0.6) is 5.75 Å². The molecule has 2 aromatic rings. The SMILES string of the molecule is CCC(NC(=O)c1cccnc1Br)c1ccccc1OC. The maximum Gasteiger partial charge on any atom is 0.254 e. The zero-order valence-corrected chi connectivity index (χ0v) is 13.6. The number of methoxy groups -OCH3 is 1. The van der Waals surface area contributed by atoms with Crippen LogP contribution in [0.25, 0.3) is 0 Å². The zero-order chi connectivity index (χ0) is 15.2. The van der Waals surface area contributed by atoms with Crippen molar-refractivity contribution in [1.82, 2.24) is 10.3 Å². The lowest BCUT2D eigenvalue weighted by Gasteiger charge is -2.20. The number of nitrogens with zero attached hydrogens (tertiary/aromatic N) is 1. The Kier molecular flexibility index (Phi) is 5.33. The largest absolute Gasteiger partial charge is 0.496 e. The normalized spacial score (nSPS) is 11.8. The Morgan fingerprint density at radius 1 is 1.33 bits per heavy atom. The molecule has 1 heterocycles. The highest BCUT2D eigenvalue weighted by molar-refractivity contribution is 9.10. The summed E-state index contributed by atoms with van der Waals surface area (Å²) in [5.74, 6) is 0.614. The Hall–Kier alpha value is -1.88. The Bertz CT molecular complexity index is 631. The molecule has 2 rings (SSSR count). The molecule has 1 amide bonds. The number of hydrogen-bond acceptors (Lipinski definition) is 3. The van der Waals surface area contributed by atoms with Gasteiger partial charge in [0.05, 0.1) is 18.7 Å². The van der Waals surface area contributed by atoms with E-state index in [1.165, 1.54) is 0 Å². The van der Waals surface area contributed by atoms with Gasteiger partial charge in [-0.1, -0.05) is 25.1 Å². The predicted molar refractivity (Wildman–Crippen MR) is 85.4 cm³/mol. The lowest BCUT2D eigenvalue weighted by atomic mass is 10.0. The minimum absolute atomic E-state index is 0.110. The summed E-state index contributed by atoms with van der Waals surface area (Å²) < 4.78 is 5.91. The molecule has 4 nitrogen and oxygen atoms in total. The van der Waals surface area contributed by atoms with Crippen LogP contribution < -0.4 is 10.1 Å². The first-order valence-corrected chi connectivity index (χ1v) is 7.51. The molecule has 0 aliphatic carbocycles. The molecule has 110 valence electrons. The van der Waals surface area contributed by atoms with Crippen LogP contribution in [0.2, 0.25) is 0 Å². The number of para-hydroxylation sites is 1. The van der Waals surface area contributed by atoms with Gasteiger partial charge in [0.25, 0.3) is 5.91 Å². The third kappa shape index (κ3) is 3.61. The summed E-state index contributed by atoms with van der Waals surface area (Å²) in [6.07, 6.45) is 2.41. The number of benzene rings is 1. The topological polar surface area (TPSA) is 51.2 Å². The average molecular weight is 349 g/mol. The van der Waals surface area contributed by atoms with Crippen molar-refractivity contribution in [3.63, 3.8) is 0 Å². The summed E-state index contributed by atoms with van der Waals surface area (Å²) in [7, 11) is 1.63. The van der Waals surface area contributed by atoms with Crippen LogP contribution >= 0.6 is 15.9 Å². The number of hydrogen-bond donors (Lipinski definition) is 1. The molecule has 0 fully saturated rings. The molecule has 1 aromatic carbocycles. The lowest BCUT2D eigenvalue weighted by molar-refractivity contribution is 0.0934. The van der Waals surface area contributed by atoms with Crippen LogP contribution in [-0.2, 0) is 0 Å². The van der Waals surface area contributed by atoms with Gasteiger partial charge in [0.2, 0.25) is 0 Å². The second-order valence-corrected chi connectivity index (χ2v) is 5.27. The lowest BCUT2D eigenvalue weighted by Crippen LogP contribution is -2.28. The fraction of sp³-hybridized carbons (Fsp3) is 0.250. The minimum atomic E-state index is -0.160. The van der Waals surface area contributed by atoms with Crippen molar-refractivity contribution in [2.24, 2.45) is 0 Å². The van der Waals surface area contributed by atoms with Crippen molar-refractivity contribution < 1.29 is 9.53 Å². The number of nitrogens with one attached hydrogen (secondary N) is 1. The first-order valence-electron chi connectivity index (χ1n) is 6.71. The summed E-state index contributed by atoms with van der Waals surface area (Å²) in [5.41, 5.74) is 1.49. The summed E-state index contributed by atoms with van der Waals surface area (Å²) in [6.45, 7) is 2.02. The first-order chi connectivity index (χ1) is 10.2. The molecule has 21 heavy (non-hydrogen) atoms. The highest BCUT2D eigenvalue weighted by Crippen LogP contribution is 2.27. The Morgan fingerprint density at radius 2 is 2.10 bits per heavy atom. The van der Waals surface area contributed by atoms with Gasteiger partial charge in [-0.2, -0.15) is 0 Å². The van der Waals surface area contributed by atoms with Gasteiger partial charge in [-0.3, -0.25) is 4.79 Å². The van der Waals surface area contributed by atoms with Gasteiger partial charge in [0.15, 0.2) is 0 Å². The third-order valence-corrected chi connectivity index (χ3v) is 3.86. The van der Waals surface area contributed by atoms with E-state index in [0.29, 0.717) is 10.2 Å². The van der Waals surface area contributed by atoms with E-state index >= 15 is 0 Å². The van der Waals surface area contributed by atoms with Crippen molar-refractivity contribution in [3.05, 3.63) is 58.3 Å². The molecular weight excluding hydrogens is 332 g/mol. The van der Waals surface area contributed by atoms with Crippen LogP contribution in [0.1, 0.15) is 35.3 Å². The number of rotatable bonds is 5. The molecule has 0 saturated heterocycles. The van der Waals surface area contributed by atoms with Crippen molar-refractivity contribution in [2.75, 3.05) is 7.11 Å². The number of aromatic nitrogens is 1. The summed E-state index contributed by atoms with van der Waals surface area (Å²) in [6, 6.07) is 11.1. The van der Waals surface area contributed by atoms with Gasteiger partial charge in [0.1, 0.15) is 10.4 Å². The van der Waals surface area contributed by atoms with E-state index in [-0.39, 0.29) is 11.9 Å². The molecule has 5 heteroatoms. The van der Waals surface area contributed by atoms with Gasteiger partial charge >= 0.3 is 0 Å². The van der Waals surface area contributed by atoms with Crippen LogP contribution in [0, 0.1) is 0 Å². The number of pyridine rings is 1. The third-order valence-electron chi connectivity index (χ3n) is 3.23. The highest BCUT2D eigenvalue weighted by atomic mass is 79.9. The Balaban J connectivity index is 2.23. The number of halogens is 1. The number of ether oxygens (including phenoxy) is 1. The molecule has 0 saturated carbocycles.